The average molecular weight is 386 g/mol. The molecular weight excluding hydrogens is 367 g/mol. The van der Waals surface area contributed by atoms with E-state index >= 15 is 0 Å². The Labute approximate surface area is 167 Å². The number of hydrogen-bond donors (Lipinski definition) is 1. The summed E-state index contributed by atoms with van der Waals surface area (Å²) in [6, 6.07) is 16.4. The maximum absolute atomic E-state index is 13.1. The minimum atomic E-state index is -0.298. The number of oxazole rings is 1. The molecule has 144 valence electrons. The molecule has 0 saturated heterocycles. The number of anilines is 1. The van der Waals surface area contributed by atoms with Crippen LogP contribution in [0.4, 0.5) is 10.1 Å². The van der Waals surface area contributed by atoms with Crippen LogP contribution in [0, 0.1) is 5.82 Å². The fraction of sp³-hybridized carbons (Fsp3) is 0.167. The summed E-state index contributed by atoms with van der Waals surface area (Å²) in [5, 5.41) is 5.41. The monoisotopic (exact) mass is 386 g/mol. The van der Waals surface area contributed by atoms with E-state index in [0.29, 0.717) is 18.1 Å². The number of aromatic nitrogens is 1. The zero-order chi connectivity index (χ0) is 19.8. The standard InChI is InChI=1S/C24H19FN2O2/c25-18-9-6-15(7-10-18)21-14-26-23(29-21)13-12-22(28)27-20-11-8-17-5-4-16-2-1-3-19(20)24(16)17/h1-3,6-11,14H,4-5,12-13H2,(H,27,28). The molecule has 0 unspecified atom stereocenters. The first-order valence-electron chi connectivity index (χ1n) is 9.71. The van der Waals surface area contributed by atoms with Gasteiger partial charge in [-0.1, -0.05) is 24.3 Å². The lowest BCUT2D eigenvalue weighted by atomic mass is 10.0. The molecule has 4 aromatic rings. The van der Waals surface area contributed by atoms with Gasteiger partial charge in [-0.2, -0.15) is 0 Å². The first kappa shape index (κ1) is 17.6. The molecule has 1 aromatic heterocycles. The maximum Gasteiger partial charge on any atom is 0.224 e. The van der Waals surface area contributed by atoms with Gasteiger partial charge in [0, 0.05) is 29.5 Å². The van der Waals surface area contributed by atoms with Gasteiger partial charge in [0.25, 0.3) is 0 Å². The Morgan fingerprint density at radius 3 is 2.66 bits per heavy atom. The second-order valence-corrected chi connectivity index (χ2v) is 7.29. The first-order chi connectivity index (χ1) is 14.2. The Balaban J connectivity index is 1.27. The van der Waals surface area contributed by atoms with Gasteiger partial charge in [-0.05, 0) is 59.7 Å². The highest BCUT2D eigenvalue weighted by Crippen LogP contribution is 2.35. The van der Waals surface area contributed by atoms with Gasteiger partial charge in [0.05, 0.1) is 6.20 Å². The van der Waals surface area contributed by atoms with Crippen LogP contribution >= 0.6 is 0 Å². The molecule has 0 atom stereocenters. The lowest BCUT2D eigenvalue weighted by molar-refractivity contribution is -0.116. The number of nitrogens with one attached hydrogen (secondary N) is 1. The Kier molecular flexibility index (Phi) is 4.35. The van der Waals surface area contributed by atoms with Crippen molar-refractivity contribution in [2.75, 3.05) is 5.32 Å². The average Bonchev–Trinajstić information content (AvgIpc) is 3.37. The molecule has 0 spiro atoms. The minimum absolute atomic E-state index is 0.0785. The molecule has 0 bridgehead atoms. The number of rotatable bonds is 5. The Morgan fingerprint density at radius 2 is 1.83 bits per heavy atom. The third-order valence-corrected chi connectivity index (χ3v) is 5.40. The summed E-state index contributed by atoms with van der Waals surface area (Å²) in [6.45, 7) is 0. The van der Waals surface area contributed by atoms with Crippen LogP contribution in [0.25, 0.3) is 22.1 Å². The van der Waals surface area contributed by atoms with Gasteiger partial charge in [0.1, 0.15) is 5.82 Å². The molecule has 1 aliphatic carbocycles. The third kappa shape index (κ3) is 3.40. The van der Waals surface area contributed by atoms with E-state index < -0.39 is 0 Å². The molecule has 4 nitrogen and oxygen atoms in total. The minimum Gasteiger partial charge on any atom is -0.441 e. The number of hydrogen-bond acceptors (Lipinski definition) is 3. The van der Waals surface area contributed by atoms with Crippen LogP contribution in [0.3, 0.4) is 0 Å². The molecule has 5 heteroatoms. The molecule has 0 saturated carbocycles. The second-order valence-electron chi connectivity index (χ2n) is 7.29. The van der Waals surface area contributed by atoms with Gasteiger partial charge in [-0.25, -0.2) is 9.37 Å². The summed E-state index contributed by atoms with van der Waals surface area (Å²) >= 11 is 0. The highest BCUT2D eigenvalue weighted by Gasteiger charge is 2.17. The van der Waals surface area contributed by atoms with Crippen LogP contribution in [0.1, 0.15) is 23.4 Å². The fourth-order valence-electron chi connectivity index (χ4n) is 3.96. The number of carbonyl (C=O) groups excluding carboxylic acids is 1. The predicted octanol–water partition coefficient (Wildman–Crippen LogP) is 5.30. The quantitative estimate of drug-likeness (QED) is 0.506. The van der Waals surface area contributed by atoms with E-state index in [-0.39, 0.29) is 18.1 Å². The summed E-state index contributed by atoms with van der Waals surface area (Å²) in [6.07, 6.45) is 4.39. The zero-order valence-electron chi connectivity index (χ0n) is 15.7. The van der Waals surface area contributed by atoms with Crippen LogP contribution in [0.15, 0.2) is 65.2 Å². The molecule has 1 N–H and O–H groups in total. The molecule has 1 heterocycles. The molecule has 0 radical (unpaired) electrons. The Bertz CT molecular complexity index is 1200. The van der Waals surface area contributed by atoms with E-state index in [2.05, 4.69) is 28.5 Å². The van der Waals surface area contributed by atoms with Gasteiger partial charge in [0.15, 0.2) is 11.7 Å². The SMILES string of the molecule is O=C(CCc1ncc(-c2ccc(F)cc2)o1)Nc1ccc2c3c(cccc13)CC2. The molecule has 1 amide bonds. The Morgan fingerprint density at radius 1 is 1.03 bits per heavy atom. The van der Waals surface area contributed by atoms with Crippen molar-refractivity contribution in [1.29, 1.82) is 0 Å². The first-order valence-corrected chi connectivity index (χ1v) is 9.71. The van der Waals surface area contributed by atoms with Crippen molar-refractivity contribution in [3.63, 3.8) is 0 Å². The predicted molar refractivity (Wildman–Crippen MR) is 110 cm³/mol. The summed E-state index contributed by atoms with van der Waals surface area (Å²) in [4.78, 5) is 16.7. The second kappa shape index (κ2) is 7.17. The summed E-state index contributed by atoms with van der Waals surface area (Å²) in [7, 11) is 0. The number of amides is 1. The van der Waals surface area contributed by atoms with Gasteiger partial charge >= 0.3 is 0 Å². The van der Waals surface area contributed by atoms with Crippen molar-refractivity contribution < 1.29 is 13.6 Å². The van der Waals surface area contributed by atoms with E-state index in [4.69, 9.17) is 4.42 Å². The number of carbonyl (C=O) groups is 1. The van der Waals surface area contributed by atoms with Gasteiger partial charge in [-0.3, -0.25) is 4.79 Å². The lowest BCUT2D eigenvalue weighted by Gasteiger charge is -2.10. The van der Waals surface area contributed by atoms with E-state index in [1.807, 2.05) is 12.1 Å². The van der Waals surface area contributed by atoms with Crippen LogP contribution in [0.2, 0.25) is 0 Å². The number of halogens is 1. The van der Waals surface area contributed by atoms with Gasteiger partial charge in [0.2, 0.25) is 5.91 Å². The highest BCUT2D eigenvalue weighted by atomic mass is 19.1. The summed E-state index contributed by atoms with van der Waals surface area (Å²) in [5.74, 6) is 0.672. The molecule has 1 aliphatic rings. The number of aryl methyl sites for hydroxylation is 3. The van der Waals surface area contributed by atoms with E-state index in [0.717, 1.165) is 29.5 Å². The summed E-state index contributed by atoms with van der Waals surface area (Å²) in [5.41, 5.74) is 4.29. The Hall–Kier alpha value is -3.47. The van der Waals surface area contributed by atoms with Crippen molar-refractivity contribution in [3.05, 3.63) is 83.6 Å². The maximum atomic E-state index is 13.1. The van der Waals surface area contributed by atoms with E-state index in [1.54, 1.807) is 18.3 Å². The van der Waals surface area contributed by atoms with Crippen molar-refractivity contribution in [1.82, 2.24) is 4.98 Å². The van der Waals surface area contributed by atoms with E-state index in [1.165, 1.54) is 28.6 Å². The van der Waals surface area contributed by atoms with Gasteiger partial charge < -0.3 is 9.73 Å². The summed E-state index contributed by atoms with van der Waals surface area (Å²) < 4.78 is 18.8. The fourth-order valence-corrected chi connectivity index (χ4v) is 3.96. The van der Waals surface area contributed by atoms with Crippen molar-refractivity contribution in [2.24, 2.45) is 0 Å². The van der Waals surface area contributed by atoms with Crippen LogP contribution in [-0.4, -0.2) is 10.9 Å². The largest absolute Gasteiger partial charge is 0.441 e. The molecule has 3 aromatic carbocycles. The van der Waals surface area contributed by atoms with Crippen molar-refractivity contribution >= 4 is 22.4 Å². The lowest BCUT2D eigenvalue weighted by Crippen LogP contribution is -2.12. The highest BCUT2D eigenvalue weighted by molar-refractivity contribution is 6.05. The smallest absolute Gasteiger partial charge is 0.224 e. The molecular formula is C24H19FN2O2. The molecule has 0 aliphatic heterocycles. The molecule has 5 rings (SSSR count). The van der Waals surface area contributed by atoms with Crippen LogP contribution in [-0.2, 0) is 24.1 Å². The third-order valence-electron chi connectivity index (χ3n) is 5.40. The van der Waals surface area contributed by atoms with Gasteiger partial charge in [-0.15, -0.1) is 0 Å². The van der Waals surface area contributed by atoms with Crippen molar-refractivity contribution in [3.8, 4) is 11.3 Å². The molecule has 0 fully saturated rings. The zero-order valence-corrected chi connectivity index (χ0v) is 15.7. The normalized spacial score (nSPS) is 12.4. The van der Waals surface area contributed by atoms with Crippen LogP contribution in [0.5, 0.6) is 0 Å². The number of nitrogens with zero attached hydrogens (tertiary/aromatic N) is 1. The van der Waals surface area contributed by atoms with Crippen LogP contribution < -0.4 is 5.32 Å². The molecule has 29 heavy (non-hydrogen) atoms. The number of benzene rings is 3. The topological polar surface area (TPSA) is 55.1 Å². The van der Waals surface area contributed by atoms with Crippen molar-refractivity contribution in [2.45, 2.75) is 25.7 Å². The van der Waals surface area contributed by atoms with E-state index in [9.17, 15) is 9.18 Å².